The molecular weight excluding hydrogens is 341 g/mol. The molecule has 0 aliphatic carbocycles. The van der Waals surface area contributed by atoms with Crippen molar-refractivity contribution in [1.29, 1.82) is 0 Å². The Labute approximate surface area is 146 Å². The van der Waals surface area contributed by atoms with Gasteiger partial charge >= 0.3 is 0 Å². The zero-order valence-electron chi connectivity index (χ0n) is 12.5. The standard InChI is InChI=1S/C15H19Cl2N3OS/c1-4-5-18-15(22)20-19-8-11-6-12(16)14(13(17)7-11)21-9-10(2)3/h4,6-8,10H,1,5,9H2,2-3H3,(H2,18,20,22)/b19-8+. The van der Waals surface area contributed by atoms with Gasteiger partial charge in [-0.15, -0.1) is 6.58 Å². The van der Waals surface area contributed by atoms with Crippen LogP contribution in [0.5, 0.6) is 5.75 Å². The van der Waals surface area contributed by atoms with Gasteiger partial charge in [-0.05, 0) is 35.8 Å². The van der Waals surface area contributed by atoms with E-state index >= 15 is 0 Å². The smallest absolute Gasteiger partial charge is 0.187 e. The monoisotopic (exact) mass is 359 g/mol. The van der Waals surface area contributed by atoms with Crippen molar-refractivity contribution in [1.82, 2.24) is 10.7 Å². The Bertz CT molecular complexity index is 539. The fourth-order valence-electron chi connectivity index (χ4n) is 1.41. The number of nitrogens with one attached hydrogen (secondary N) is 2. The average molecular weight is 360 g/mol. The number of rotatable bonds is 7. The molecule has 0 atom stereocenters. The lowest BCUT2D eigenvalue weighted by Gasteiger charge is -2.12. The summed E-state index contributed by atoms with van der Waals surface area (Å²) in [5, 5.41) is 8.20. The van der Waals surface area contributed by atoms with Crippen molar-refractivity contribution in [2.24, 2.45) is 11.0 Å². The van der Waals surface area contributed by atoms with Crippen LogP contribution in [0.1, 0.15) is 19.4 Å². The van der Waals surface area contributed by atoms with Gasteiger partial charge in [0.15, 0.2) is 10.9 Å². The fraction of sp³-hybridized carbons (Fsp3) is 0.333. The minimum absolute atomic E-state index is 0.390. The van der Waals surface area contributed by atoms with E-state index in [1.54, 1.807) is 24.4 Å². The number of hydrogen-bond acceptors (Lipinski definition) is 3. The Hall–Kier alpha value is -1.30. The first-order valence-electron chi connectivity index (χ1n) is 6.73. The molecule has 1 aromatic carbocycles. The molecular formula is C15H19Cl2N3OS. The van der Waals surface area contributed by atoms with E-state index in [0.29, 0.717) is 40.0 Å². The van der Waals surface area contributed by atoms with Gasteiger partial charge in [0.25, 0.3) is 0 Å². The molecule has 0 bridgehead atoms. The van der Waals surface area contributed by atoms with Gasteiger partial charge in [-0.3, -0.25) is 5.43 Å². The van der Waals surface area contributed by atoms with E-state index in [1.165, 1.54) is 0 Å². The van der Waals surface area contributed by atoms with E-state index in [4.69, 9.17) is 40.2 Å². The fourth-order valence-corrected chi connectivity index (χ4v) is 2.16. The molecule has 22 heavy (non-hydrogen) atoms. The second kappa shape index (κ2) is 9.66. The van der Waals surface area contributed by atoms with Crippen molar-refractivity contribution in [3.05, 3.63) is 40.4 Å². The highest BCUT2D eigenvalue weighted by molar-refractivity contribution is 7.80. The van der Waals surface area contributed by atoms with Crippen LogP contribution in [0.3, 0.4) is 0 Å². The van der Waals surface area contributed by atoms with Crippen molar-refractivity contribution in [3.8, 4) is 5.75 Å². The summed E-state index contributed by atoms with van der Waals surface area (Å²) in [4.78, 5) is 0. The molecule has 0 heterocycles. The first-order chi connectivity index (χ1) is 10.4. The van der Waals surface area contributed by atoms with E-state index in [2.05, 4.69) is 36.3 Å². The molecule has 120 valence electrons. The Balaban J connectivity index is 2.69. The number of hydrogen-bond donors (Lipinski definition) is 2. The summed E-state index contributed by atoms with van der Waals surface area (Å²) in [5.41, 5.74) is 3.43. The van der Waals surface area contributed by atoms with Gasteiger partial charge in [0.2, 0.25) is 0 Å². The van der Waals surface area contributed by atoms with Crippen molar-refractivity contribution < 1.29 is 4.74 Å². The molecule has 0 fully saturated rings. The number of benzene rings is 1. The van der Waals surface area contributed by atoms with Crippen molar-refractivity contribution in [2.75, 3.05) is 13.2 Å². The van der Waals surface area contributed by atoms with Crippen LogP contribution in [0.25, 0.3) is 0 Å². The van der Waals surface area contributed by atoms with Crippen LogP contribution in [-0.2, 0) is 0 Å². The van der Waals surface area contributed by atoms with E-state index < -0.39 is 0 Å². The van der Waals surface area contributed by atoms with Crippen LogP contribution in [0, 0.1) is 5.92 Å². The lowest BCUT2D eigenvalue weighted by molar-refractivity contribution is 0.271. The highest BCUT2D eigenvalue weighted by Gasteiger charge is 2.10. The highest BCUT2D eigenvalue weighted by Crippen LogP contribution is 2.34. The van der Waals surface area contributed by atoms with Crippen LogP contribution in [0.15, 0.2) is 29.9 Å². The van der Waals surface area contributed by atoms with Gasteiger partial charge in [-0.25, -0.2) is 0 Å². The Morgan fingerprint density at radius 3 is 2.59 bits per heavy atom. The zero-order chi connectivity index (χ0) is 16.5. The molecule has 4 nitrogen and oxygen atoms in total. The molecule has 2 N–H and O–H groups in total. The molecule has 0 aliphatic heterocycles. The molecule has 0 unspecified atom stereocenters. The molecule has 1 aromatic rings. The zero-order valence-corrected chi connectivity index (χ0v) is 14.9. The third-order valence-electron chi connectivity index (χ3n) is 2.37. The predicted molar refractivity (Wildman–Crippen MR) is 98.3 cm³/mol. The van der Waals surface area contributed by atoms with Crippen LogP contribution in [-0.4, -0.2) is 24.5 Å². The quantitative estimate of drug-likeness (QED) is 0.334. The maximum absolute atomic E-state index is 6.19. The maximum atomic E-state index is 6.19. The van der Waals surface area contributed by atoms with Crippen molar-refractivity contribution in [3.63, 3.8) is 0 Å². The normalized spacial score (nSPS) is 10.8. The van der Waals surface area contributed by atoms with Gasteiger partial charge in [0, 0.05) is 6.54 Å². The molecule has 7 heteroatoms. The second-order valence-electron chi connectivity index (χ2n) is 4.89. The summed E-state index contributed by atoms with van der Waals surface area (Å²) < 4.78 is 5.61. The number of ether oxygens (including phenoxy) is 1. The molecule has 0 radical (unpaired) electrons. The Kier molecular flexibility index (Phi) is 8.24. The maximum Gasteiger partial charge on any atom is 0.187 e. The van der Waals surface area contributed by atoms with Crippen molar-refractivity contribution >= 4 is 46.7 Å². The second-order valence-corrected chi connectivity index (χ2v) is 6.11. The molecule has 0 saturated heterocycles. The van der Waals surface area contributed by atoms with Crippen LogP contribution in [0.2, 0.25) is 10.0 Å². The average Bonchev–Trinajstić information content (AvgIpc) is 2.44. The summed E-state index contributed by atoms with van der Waals surface area (Å²) in [6.07, 6.45) is 3.28. The lowest BCUT2D eigenvalue weighted by atomic mass is 10.2. The van der Waals surface area contributed by atoms with E-state index in [9.17, 15) is 0 Å². The summed E-state index contributed by atoms with van der Waals surface area (Å²) in [6, 6.07) is 3.46. The van der Waals surface area contributed by atoms with Gasteiger partial charge in [-0.2, -0.15) is 5.10 Å². The highest BCUT2D eigenvalue weighted by atomic mass is 35.5. The molecule has 0 aromatic heterocycles. The van der Waals surface area contributed by atoms with Crippen LogP contribution >= 0.6 is 35.4 Å². The third-order valence-corrected chi connectivity index (χ3v) is 3.17. The van der Waals surface area contributed by atoms with Gasteiger partial charge < -0.3 is 10.1 Å². The number of halogens is 2. The topological polar surface area (TPSA) is 45.7 Å². The minimum atomic E-state index is 0.390. The Morgan fingerprint density at radius 2 is 2.05 bits per heavy atom. The molecule has 0 saturated carbocycles. The number of nitrogens with zero attached hydrogens (tertiary/aromatic N) is 1. The summed E-state index contributed by atoms with van der Waals surface area (Å²) in [7, 11) is 0. The largest absolute Gasteiger partial charge is 0.490 e. The molecule has 0 spiro atoms. The van der Waals surface area contributed by atoms with E-state index in [1.807, 2.05) is 0 Å². The SMILES string of the molecule is C=CCNC(=S)N/N=C/c1cc(Cl)c(OCC(C)C)c(Cl)c1. The number of hydrazone groups is 1. The van der Waals surface area contributed by atoms with Gasteiger partial charge in [0.05, 0.1) is 22.9 Å². The molecule has 0 aliphatic rings. The number of thiocarbonyl (C=S) groups is 1. The third kappa shape index (κ3) is 6.64. The van der Waals surface area contributed by atoms with E-state index in [-0.39, 0.29) is 0 Å². The molecule has 0 amide bonds. The lowest BCUT2D eigenvalue weighted by Crippen LogP contribution is -2.31. The van der Waals surface area contributed by atoms with Crippen LogP contribution in [0.4, 0.5) is 0 Å². The first kappa shape index (κ1) is 18.7. The summed E-state index contributed by atoms with van der Waals surface area (Å²) >= 11 is 17.4. The summed E-state index contributed by atoms with van der Waals surface area (Å²) in [6.45, 7) is 8.81. The summed E-state index contributed by atoms with van der Waals surface area (Å²) in [5.74, 6) is 0.881. The van der Waals surface area contributed by atoms with Gasteiger partial charge in [0.1, 0.15) is 0 Å². The van der Waals surface area contributed by atoms with E-state index in [0.717, 1.165) is 5.56 Å². The first-order valence-corrected chi connectivity index (χ1v) is 7.90. The van der Waals surface area contributed by atoms with Gasteiger partial charge in [-0.1, -0.05) is 43.1 Å². The Morgan fingerprint density at radius 1 is 1.41 bits per heavy atom. The molecule has 1 rings (SSSR count). The predicted octanol–water partition coefficient (Wildman–Crippen LogP) is 4.01. The van der Waals surface area contributed by atoms with Crippen molar-refractivity contribution in [2.45, 2.75) is 13.8 Å². The minimum Gasteiger partial charge on any atom is -0.490 e. The van der Waals surface area contributed by atoms with Crippen LogP contribution < -0.4 is 15.5 Å².